The van der Waals surface area contributed by atoms with E-state index in [0.29, 0.717) is 13.2 Å². The third-order valence-electron chi connectivity index (χ3n) is 1.73. The fourth-order valence-electron chi connectivity index (χ4n) is 0.842. The van der Waals surface area contributed by atoms with E-state index in [4.69, 9.17) is 20.9 Å². The number of hydrogen-bond donors (Lipinski definition) is 2. The van der Waals surface area contributed by atoms with Gasteiger partial charge in [-0.15, -0.1) is 0 Å². The van der Waals surface area contributed by atoms with Crippen LogP contribution in [0.4, 0.5) is 0 Å². The molecule has 0 aliphatic heterocycles. The molecule has 0 unspecified atom stereocenters. The molecule has 0 bridgehead atoms. The maximum absolute atomic E-state index is 5.08. The minimum atomic E-state index is 0. The number of rotatable bonds is 7. The molecule has 0 fully saturated rings. The molecule has 4 nitrogen and oxygen atoms in total. The Morgan fingerprint density at radius 3 is 1.56 bits per heavy atom. The number of ether oxygens (including phenoxy) is 2. The summed E-state index contributed by atoms with van der Waals surface area (Å²) in [5.74, 6) is 0. The molecule has 0 heterocycles. The molecular weight excluding hydrogens is 320 g/mol. The van der Waals surface area contributed by atoms with Crippen molar-refractivity contribution in [3.05, 3.63) is 0 Å². The van der Waals surface area contributed by atoms with Gasteiger partial charge in [0.15, 0.2) is 0 Å². The average molecular weight is 344 g/mol. The van der Waals surface area contributed by atoms with Crippen LogP contribution in [0.2, 0.25) is 0 Å². The van der Waals surface area contributed by atoms with Crippen molar-refractivity contribution in [2.24, 2.45) is 11.5 Å². The molecule has 113 valence electrons. The summed E-state index contributed by atoms with van der Waals surface area (Å²) in [6.07, 6.45) is 5.57. The molecule has 0 rings (SSSR count). The number of unbranched alkanes of at least 4 members (excludes halogenated alkanes) is 3. The zero-order valence-electron chi connectivity index (χ0n) is 11.0. The van der Waals surface area contributed by atoms with Crippen molar-refractivity contribution in [1.29, 1.82) is 0 Å². The molecule has 0 aromatic carbocycles. The first-order valence-corrected chi connectivity index (χ1v) is 6.70. The van der Waals surface area contributed by atoms with Crippen LogP contribution in [-0.4, -0.2) is 23.6 Å². The zero-order valence-corrected chi connectivity index (χ0v) is 13.6. The Morgan fingerprint density at radius 1 is 0.833 bits per heavy atom. The Hall–Kier alpha value is -0.101. The van der Waals surface area contributed by atoms with Crippen molar-refractivity contribution in [2.75, 3.05) is 13.2 Å². The van der Waals surface area contributed by atoms with Gasteiger partial charge in [0.2, 0.25) is 0 Å². The van der Waals surface area contributed by atoms with Crippen molar-refractivity contribution in [3.8, 4) is 0 Å². The van der Waals surface area contributed by atoms with Gasteiger partial charge >= 0.3 is 0 Å². The summed E-state index contributed by atoms with van der Waals surface area (Å²) in [5.41, 5.74) is 10.1. The molecule has 0 aromatic rings. The Labute approximate surface area is 132 Å². The van der Waals surface area contributed by atoms with E-state index in [1.165, 1.54) is 12.8 Å². The van der Waals surface area contributed by atoms with E-state index in [0.717, 1.165) is 19.3 Å². The van der Waals surface area contributed by atoms with Gasteiger partial charge in [-0.3, -0.25) is 0 Å². The van der Waals surface area contributed by atoms with Gasteiger partial charge in [0.1, 0.15) is 0 Å². The Bertz CT molecular complexity index is 207. The van der Waals surface area contributed by atoms with E-state index in [9.17, 15) is 0 Å². The van der Waals surface area contributed by atoms with Crippen LogP contribution in [0.1, 0.15) is 46.0 Å². The van der Waals surface area contributed by atoms with Crippen molar-refractivity contribution < 1.29 is 26.5 Å². The van der Waals surface area contributed by atoms with E-state index >= 15 is 0 Å². The van der Waals surface area contributed by atoms with Gasteiger partial charge in [-0.1, -0.05) is 33.1 Å². The minimum Gasteiger partial charge on any atom is -0.471 e. The third kappa shape index (κ3) is 29.7. The Balaban J connectivity index is -0.000000238. The van der Waals surface area contributed by atoms with Gasteiger partial charge < -0.3 is 20.9 Å². The van der Waals surface area contributed by atoms with Gasteiger partial charge in [-0.25, -0.2) is 0 Å². The fraction of sp³-hybridized carbons (Fsp3) is 0.818. The normalized spacial score (nSPS) is 8.33. The molecule has 0 aliphatic rings. The van der Waals surface area contributed by atoms with Crippen LogP contribution in [0.3, 0.4) is 0 Å². The van der Waals surface area contributed by atoms with Gasteiger partial charge in [-0.2, -0.15) is 0 Å². The Kier molecular flexibility index (Phi) is 24.6. The topological polar surface area (TPSA) is 70.5 Å². The second-order valence-corrected chi connectivity index (χ2v) is 4.20. The molecule has 0 spiro atoms. The molecule has 7 heteroatoms. The largest absolute Gasteiger partial charge is 0.471 e. The smallest absolute Gasteiger partial charge is 0.253 e. The summed E-state index contributed by atoms with van der Waals surface area (Å²) in [6.45, 7) is 5.55. The van der Waals surface area contributed by atoms with Crippen LogP contribution >= 0.6 is 24.4 Å². The van der Waals surface area contributed by atoms with E-state index in [2.05, 4.69) is 38.3 Å². The van der Waals surface area contributed by atoms with Crippen LogP contribution in [0.25, 0.3) is 0 Å². The van der Waals surface area contributed by atoms with Gasteiger partial charge in [-0.05, 0) is 37.3 Å². The second-order valence-electron chi connectivity index (χ2n) is 3.40. The second kappa shape index (κ2) is 19.2. The molecule has 0 aliphatic carbocycles. The summed E-state index contributed by atoms with van der Waals surface area (Å²) in [7, 11) is 0. The summed E-state index contributed by atoms with van der Waals surface area (Å²) in [6, 6.07) is 0. The summed E-state index contributed by atoms with van der Waals surface area (Å²) in [4.78, 5) is 0. The fourth-order valence-corrected chi connectivity index (χ4v) is 1.01. The molecule has 18 heavy (non-hydrogen) atoms. The predicted molar refractivity (Wildman–Crippen MR) is 79.9 cm³/mol. The average Bonchev–Trinajstić information content (AvgIpc) is 2.25. The quantitative estimate of drug-likeness (QED) is 0.420. The Morgan fingerprint density at radius 2 is 1.22 bits per heavy atom. The van der Waals surface area contributed by atoms with Crippen LogP contribution in [0, 0.1) is 0 Å². The predicted octanol–water partition coefficient (Wildman–Crippen LogP) is 2.48. The van der Waals surface area contributed by atoms with Gasteiger partial charge in [0.25, 0.3) is 10.3 Å². The maximum Gasteiger partial charge on any atom is 0.253 e. The summed E-state index contributed by atoms with van der Waals surface area (Å²) < 4.78 is 9.64. The first kappa shape index (κ1) is 23.0. The van der Waals surface area contributed by atoms with E-state index < -0.39 is 0 Å². The SMILES string of the molecule is CCCCCOC(N)=S.CCCCOC(N)=S.[Cu]. The van der Waals surface area contributed by atoms with Crippen molar-refractivity contribution >= 4 is 34.8 Å². The zero-order chi connectivity index (χ0) is 13.5. The number of nitrogens with two attached hydrogens (primary N) is 2. The first-order chi connectivity index (χ1) is 8.04. The van der Waals surface area contributed by atoms with Crippen LogP contribution < -0.4 is 11.5 Å². The van der Waals surface area contributed by atoms with Gasteiger partial charge in [0.05, 0.1) is 13.2 Å². The monoisotopic (exact) mass is 343 g/mol. The molecular formula is C11H24CuN2O2S2. The van der Waals surface area contributed by atoms with Crippen LogP contribution in [0.5, 0.6) is 0 Å². The third-order valence-corrected chi connectivity index (χ3v) is 1.97. The summed E-state index contributed by atoms with van der Waals surface area (Å²) >= 11 is 8.97. The standard InChI is InChI=1S/C6H13NOS.C5H11NOS.Cu/c1-2-3-4-5-8-6(7)9;1-2-3-4-7-5(6)8;/h2-5H2,1H3,(H2,7,9);2-4H2,1H3,(H2,6,8);. The maximum atomic E-state index is 5.08. The van der Waals surface area contributed by atoms with Crippen molar-refractivity contribution in [3.63, 3.8) is 0 Å². The van der Waals surface area contributed by atoms with E-state index in [1.807, 2.05) is 0 Å². The molecule has 0 atom stereocenters. The van der Waals surface area contributed by atoms with Crippen LogP contribution in [0.15, 0.2) is 0 Å². The minimum absolute atomic E-state index is 0. The molecule has 0 amide bonds. The first-order valence-electron chi connectivity index (χ1n) is 5.89. The number of thiocarbonyl (C=S) groups is 2. The van der Waals surface area contributed by atoms with Crippen LogP contribution in [-0.2, 0) is 26.5 Å². The number of hydrogen-bond acceptors (Lipinski definition) is 4. The molecule has 4 N–H and O–H groups in total. The summed E-state index contributed by atoms with van der Waals surface area (Å²) in [5, 5.41) is 0.310. The molecule has 0 aromatic heterocycles. The van der Waals surface area contributed by atoms with E-state index in [-0.39, 0.29) is 27.4 Å². The molecule has 0 saturated heterocycles. The van der Waals surface area contributed by atoms with Crippen molar-refractivity contribution in [2.45, 2.75) is 46.0 Å². The van der Waals surface area contributed by atoms with E-state index in [1.54, 1.807) is 0 Å². The van der Waals surface area contributed by atoms with Crippen molar-refractivity contribution in [1.82, 2.24) is 0 Å². The van der Waals surface area contributed by atoms with Gasteiger partial charge in [0, 0.05) is 17.1 Å². The molecule has 0 saturated carbocycles. The molecule has 1 radical (unpaired) electrons.